The Morgan fingerprint density at radius 1 is 0.857 bits per heavy atom. The fourth-order valence-electron chi connectivity index (χ4n) is 2.45. The van der Waals surface area contributed by atoms with Crippen LogP contribution in [0.1, 0.15) is 15.9 Å². The Morgan fingerprint density at radius 2 is 1.54 bits per heavy atom. The molecule has 1 amide bonds. The van der Waals surface area contributed by atoms with Gasteiger partial charge in [-0.05, 0) is 55.0 Å². The Hall–Kier alpha value is -2.54. The molecule has 0 unspecified atom stereocenters. The van der Waals surface area contributed by atoms with Gasteiger partial charge < -0.3 is 5.32 Å². The number of aryl methyl sites for hydroxylation is 1. The Bertz CT molecular complexity index is 1130. The van der Waals surface area contributed by atoms with E-state index in [1.807, 2.05) is 6.92 Å². The minimum Gasteiger partial charge on any atom is -0.322 e. The predicted molar refractivity (Wildman–Crippen MR) is 113 cm³/mol. The molecule has 2 N–H and O–H groups in total. The molecule has 0 aliphatic carbocycles. The van der Waals surface area contributed by atoms with E-state index in [0.717, 1.165) is 5.56 Å². The highest BCUT2D eigenvalue weighted by Gasteiger charge is 2.17. The summed E-state index contributed by atoms with van der Waals surface area (Å²) in [4.78, 5) is 12.7. The molecule has 28 heavy (non-hydrogen) atoms. The smallest absolute Gasteiger partial charge is 0.261 e. The molecule has 0 atom stereocenters. The summed E-state index contributed by atoms with van der Waals surface area (Å²) in [6.45, 7) is 1.85. The first-order valence-electron chi connectivity index (χ1n) is 8.21. The van der Waals surface area contributed by atoms with Gasteiger partial charge in [0, 0.05) is 16.4 Å². The van der Waals surface area contributed by atoms with Gasteiger partial charge in [0.1, 0.15) is 0 Å². The van der Waals surface area contributed by atoms with Crippen molar-refractivity contribution in [3.8, 4) is 0 Å². The van der Waals surface area contributed by atoms with Gasteiger partial charge in [0.25, 0.3) is 15.9 Å². The van der Waals surface area contributed by atoms with Crippen LogP contribution in [-0.4, -0.2) is 14.3 Å². The van der Waals surface area contributed by atoms with Crippen molar-refractivity contribution in [2.24, 2.45) is 0 Å². The fourth-order valence-corrected chi connectivity index (χ4v) is 3.90. The van der Waals surface area contributed by atoms with E-state index in [9.17, 15) is 13.2 Å². The molecule has 0 bridgehead atoms. The summed E-state index contributed by atoms with van der Waals surface area (Å²) in [5.74, 6) is -0.481. The van der Waals surface area contributed by atoms with Gasteiger partial charge >= 0.3 is 0 Å². The number of nitrogens with one attached hydrogen (secondary N) is 2. The molecule has 0 aromatic heterocycles. The van der Waals surface area contributed by atoms with Crippen LogP contribution < -0.4 is 10.0 Å². The maximum absolute atomic E-state index is 12.6. The third-order valence-corrected chi connectivity index (χ3v) is 6.08. The molecule has 5 nitrogen and oxygen atoms in total. The van der Waals surface area contributed by atoms with Crippen molar-refractivity contribution in [2.75, 3.05) is 10.0 Å². The summed E-state index contributed by atoms with van der Waals surface area (Å²) in [6, 6.07) is 17.4. The zero-order chi connectivity index (χ0) is 20.3. The molecule has 0 aliphatic heterocycles. The Labute approximate surface area is 173 Å². The first-order chi connectivity index (χ1) is 13.3. The van der Waals surface area contributed by atoms with Crippen molar-refractivity contribution in [1.29, 1.82) is 0 Å². The first kappa shape index (κ1) is 20.2. The number of carbonyl (C=O) groups is 1. The van der Waals surface area contributed by atoms with Crippen LogP contribution in [0.25, 0.3) is 0 Å². The summed E-state index contributed by atoms with van der Waals surface area (Å²) in [6.07, 6.45) is 0. The van der Waals surface area contributed by atoms with E-state index in [1.54, 1.807) is 36.4 Å². The molecule has 0 radical (unpaired) electrons. The van der Waals surface area contributed by atoms with Gasteiger partial charge in [-0.2, -0.15) is 0 Å². The van der Waals surface area contributed by atoms with Crippen molar-refractivity contribution in [3.63, 3.8) is 0 Å². The molecule has 0 aliphatic rings. The molecule has 3 rings (SSSR count). The summed E-state index contributed by atoms with van der Waals surface area (Å²) >= 11 is 12.2. The molecule has 0 fully saturated rings. The number of carbonyl (C=O) groups excluding carboxylic acids is 1. The molecule has 3 aromatic carbocycles. The lowest BCUT2D eigenvalue weighted by Gasteiger charge is -2.12. The van der Waals surface area contributed by atoms with Gasteiger partial charge in [0.05, 0.1) is 15.5 Å². The number of sulfonamides is 1. The lowest BCUT2D eigenvalue weighted by molar-refractivity contribution is 0.102. The zero-order valence-corrected chi connectivity index (χ0v) is 17.1. The molecular weight excluding hydrogens is 419 g/mol. The molecular formula is C20H16Cl2N2O3S. The third-order valence-electron chi connectivity index (χ3n) is 3.95. The van der Waals surface area contributed by atoms with Gasteiger partial charge in [-0.15, -0.1) is 0 Å². The average Bonchev–Trinajstić information content (AvgIpc) is 2.67. The van der Waals surface area contributed by atoms with Gasteiger partial charge in [-0.25, -0.2) is 8.42 Å². The molecule has 0 saturated heterocycles. The number of rotatable bonds is 5. The van der Waals surface area contributed by atoms with Crippen molar-refractivity contribution >= 4 is 50.5 Å². The van der Waals surface area contributed by atoms with Crippen molar-refractivity contribution in [3.05, 3.63) is 87.9 Å². The number of benzene rings is 3. The summed E-state index contributed by atoms with van der Waals surface area (Å²) in [5.41, 5.74) is 1.74. The van der Waals surface area contributed by atoms with E-state index < -0.39 is 15.9 Å². The minimum absolute atomic E-state index is 0.116. The fraction of sp³-hybridized carbons (Fsp3) is 0.0500. The maximum atomic E-state index is 12.6. The number of hydrogen-bond donors (Lipinski definition) is 2. The molecule has 144 valence electrons. The number of halogens is 2. The van der Waals surface area contributed by atoms with Gasteiger partial charge in [-0.3, -0.25) is 9.52 Å². The van der Waals surface area contributed by atoms with Crippen molar-refractivity contribution < 1.29 is 13.2 Å². The van der Waals surface area contributed by atoms with Crippen LogP contribution in [0.15, 0.2) is 71.6 Å². The second-order valence-electron chi connectivity index (χ2n) is 6.03. The second-order valence-corrected chi connectivity index (χ2v) is 8.53. The summed E-state index contributed by atoms with van der Waals surface area (Å²) in [7, 11) is -3.78. The van der Waals surface area contributed by atoms with Crippen LogP contribution in [0.5, 0.6) is 0 Å². The highest BCUT2D eigenvalue weighted by atomic mass is 35.5. The van der Waals surface area contributed by atoms with Crippen molar-refractivity contribution in [1.82, 2.24) is 0 Å². The van der Waals surface area contributed by atoms with Crippen molar-refractivity contribution in [2.45, 2.75) is 11.8 Å². The minimum atomic E-state index is -3.78. The Morgan fingerprint density at radius 3 is 2.21 bits per heavy atom. The Kier molecular flexibility index (Phi) is 5.93. The van der Waals surface area contributed by atoms with E-state index >= 15 is 0 Å². The van der Waals surface area contributed by atoms with Gasteiger partial charge in [0.15, 0.2) is 0 Å². The molecule has 3 aromatic rings. The number of hydrogen-bond acceptors (Lipinski definition) is 3. The van der Waals surface area contributed by atoms with Crippen LogP contribution in [0.4, 0.5) is 11.4 Å². The lowest BCUT2D eigenvalue weighted by Crippen LogP contribution is -2.15. The lowest BCUT2D eigenvalue weighted by atomic mass is 10.1. The standard InChI is InChI=1S/C20H16Cl2N2O3S/c1-13-7-8-14(12-19(13)22)23-20(25)17-11-15(9-10-18(17)21)24-28(26,27)16-5-3-2-4-6-16/h2-12,24H,1H3,(H,23,25). The topological polar surface area (TPSA) is 75.3 Å². The van der Waals surface area contributed by atoms with E-state index in [2.05, 4.69) is 10.0 Å². The van der Waals surface area contributed by atoms with Crippen LogP contribution in [-0.2, 0) is 10.0 Å². The zero-order valence-electron chi connectivity index (χ0n) is 14.7. The van der Waals surface area contributed by atoms with E-state index in [0.29, 0.717) is 10.7 Å². The maximum Gasteiger partial charge on any atom is 0.261 e. The quantitative estimate of drug-likeness (QED) is 0.567. The summed E-state index contributed by atoms with van der Waals surface area (Å²) in [5, 5.41) is 3.42. The molecule has 0 spiro atoms. The number of amides is 1. The first-order valence-corrected chi connectivity index (χ1v) is 10.4. The van der Waals surface area contributed by atoms with E-state index in [1.165, 1.54) is 30.3 Å². The van der Waals surface area contributed by atoms with Crippen LogP contribution >= 0.6 is 23.2 Å². The largest absolute Gasteiger partial charge is 0.322 e. The third kappa shape index (κ3) is 4.65. The molecule has 0 heterocycles. The van der Waals surface area contributed by atoms with Gasteiger partial charge in [-0.1, -0.05) is 47.5 Å². The molecule has 0 saturated carbocycles. The normalized spacial score (nSPS) is 11.1. The van der Waals surface area contributed by atoms with Crippen LogP contribution in [0.3, 0.4) is 0 Å². The predicted octanol–water partition coefficient (Wildman–Crippen LogP) is 5.35. The van der Waals surface area contributed by atoms with E-state index in [4.69, 9.17) is 23.2 Å². The highest BCUT2D eigenvalue weighted by molar-refractivity contribution is 7.92. The molecule has 8 heteroatoms. The van der Waals surface area contributed by atoms with Crippen LogP contribution in [0, 0.1) is 6.92 Å². The van der Waals surface area contributed by atoms with Crippen LogP contribution in [0.2, 0.25) is 10.0 Å². The summed E-state index contributed by atoms with van der Waals surface area (Å²) < 4.78 is 27.4. The highest BCUT2D eigenvalue weighted by Crippen LogP contribution is 2.25. The Balaban J connectivity index is 1.85. The average molecular weight is 435 g/mol. The second kappa shape index (κ2) is 8.22. The SMILES string of the molecule is Cc1ccc(NC(=O)c2cc(NS(=O)(=O)c3ccccc3)ccc2Cl)cc1Cl. The van der Waals surface area contributed by atoms with Gasteiger partial charge in [0.2, 0.25) is 0 Å². The van der Waals surface area contributed by atoms with E-state index in [-0.39, 0.29) is 21.2 Å². The monoisotopic (exact) mass is 434 g/mol. The number of anilines is 2.